The van der Waals surface area contributed by atoms with Crippen LogP contribution in [0.2, 0.25) is 0 Å². The van der Waals surface area contributed by atoms with Crippen molar-refractivity contribution in [1.29, 1.82) is 0 Å². The number of aromatic nitrogens is 1. The molecule has 1 aliphatic carbocycles. The summed E-state index contributed by atoms with van der Waals surface area (Å²) in [5.74, 6) is -1.84. The molecule has 118 valence electrons. The fourth-order valence-electron chi connectivity index (χ4n) is 2.71. The van der Waals surface area contributed by atoms with Crippen LogP contribution in [-0.4, -0.2) is 16.9 Å². The van der Waals surface area contributed by atoms with E-state index < -0.39 is 5.92 Å². The lowest BCUT2D eigenvalue weighted by molar-refractivity contribution is -0.117. The van der Waals surface area contributed by atoms with Gasteiger partial charge >= 0.3 is 0 Å². The fraction of sp³-hybridized carbons (Fsp3) is 0.471. The average Bonchev–Trinajstić information content (AvgIpc) is 2.92. The van der Waals surface area contributed by atoms with E-state index in [1.165, 1.54) is 5.56 Å². The lowest BCUT2D eigenvalue weighted by atomic mass is 9.77. The van der Waals surface area contributed by atoms with Gasteiger partial charge in [0.1, 0.15) is 6.26 Å². The molecule has 22 heavy (non-hydrogen) atoms. The molecule has 5 heteroatoms. The van der Waals surface area contributed by atoms with Gasteiger partial charge in [-0.3, -0.25) is 0 Å². The summed E-state index contributed by atoms with van der Waals surface area (Å²) in [6, 6.07) is 8.01. The number of halogens is 2. The van der Waals surface area contributed by atoms with Crippen LogP contribution in [0.15, 0.2) is 34.9 Å². The monoisotopic (exact) mass is 306 g/mol. The number of hydrogen-bond acceptors (Lipinski definition) is 3. The molecule has 3 rings (SSSR count). The summed E-state index contributed by atoms with van der Waals surface area (Å²) < 4.78 is 31.2. The Bertz CT molecular complexity index is 628. The molecule has 3 nitrogen and oxygen atoms in total. The van der Waals surface area contributed by atoms with Gasteiger partial charge in [0.05, 0.1) is 5.69 Å². The van der Waals surface area contributed by atoms with E-state index in [0.29, 0.717) is 12.4 Å². The highest BCUT2D eigenvalue weighted by Crippen LogP contribution is 2.43. The van der Waals surface area contributed by atoms with Crippen LogP contribution in [0.5, 0.6) is 0 Å². The van der Waals surface area contributed by atoms with E-state index in [4.69, 9.17) is 4.42 Å². The standard InChI is InChI=1S/C17H20F2N2O/c1-11-3-5-13(6-4-11)16-21-15(10-22-16)9-20-12(2)14-7-17(18,19)8-14/h3-6,10,12,14,20H,7-9H2,1-2H3. The number of rotatable bonds is 5. The summed E-state index contributed by atoms with van der Waals surface area (Å²) in [5.41, 5.74) is 2.90. The zero-order valence-electron chi connectivity index (χ0n) is 12.8. The molecule has 0 saturated heterocycles. The molecule has 0 radical (unpaired) electrons. The number of benzene rings is 1. The second-order valence-electron chi connectivity index (χ2n) is 6.20. The molecule has 0 amide bonds. The second kappa shape index (κ2) is 5.80. The van der Waals surface area contributed by atoms with Gasteiger partial charge in [-0.1, -0.05) is 17.7 Å². The molecule has 0 spiro atoms. The predicted molar refractivity (Wildman–Crippen MR) is 80.6 cm³/mol. The summed E-state index contributed by atoms with van der Waals surface area (Å²) in [4.78, 5) is 4.44. The first-order chi connectivity index (χ1) is 10.4. The molecule has 1 aromatic heterocycles. The van der Waals surface area contributed by atoms with Gasteiger partial charge in [-0.2, -0.15) is 0 Å². The molecule has 0 aliphatic heterocycles. The van der Waals surface area contributed by atoms with Crippen LogP contribution in [0.1, 0.15) is 31.0 Å². The smallest absolute Gasteiger partial charge is 0.248 e. The summed E-state index contributed by atoms with van der Waals surface area (Å²) in [6.07, 6.45) is 1.58. The molecular weight excluding hydrogens is 286 g/mol. The Morgan fingerprint density at radius 1 is 1.32 bits per heavy atom. The number of nitrogens with zero attached hydrogens (tertiary/aromatic N) is 1. The molecular formula is C17H20F2N2O. The summed E-state index contributed by atoms with van der Waals surface area (Å²) in [6.45, 7) is 4.50. The van der Waals surface area contributed by atoms with Gasteiger partial charge in [0, 0.05) is 31.0 Å². The number of nitrogens with one attached hydrogen (secondary N) is 1. The third-order valence-corrected chi connectivity index (χ3v) is 4.28. The van der Waals surface area contributed by atoms with E-state index in [-0.39, 0.29) is 24.8 Å². The quantitative estimate of drug-likeness (QED) is 0.901. The Kier molecular flexibility index (Phi) is 4.00. The Morgan fingerprint density at radius 3 is 2.64 bits per heavy atom. The molecule has 1 unspecified atom stereocenters. The van der Waals surface area contributed by atoms with Crippen molar-refractivity contribution in [1.82, 2.24) is 10.3 Å². The molecule has 1 N–H and O–H groups in total. The average molecular weight is 306 g/mol. The summed E-state index contributed by atoms with van der Waals surface area (Å²) >= 11 is 0. The van der Waals surface area contributed by atoms with Gasteiger partial charge in [-0.05, 0) is 31.9 Å². The molecule has 1 aromatic carbocycles. The van der Waals surface area contributed by atoms with Gasteiger partial charge < -0.3 is 9.73 Å². The highest BCUT2D eigenvalue weighted by atomic mass is 19.3. The molecule has 1 aliphatic rings. The minimum Gasteiger partial charge on any atom is -0.444 e. The molecule has 1 fully saturated rings. The zero-order chi connectivity index (χ0) is 15.7. The Hall–Kier alpha value is -1.75. The van der Waals surface area contributed by atoms with Crippen LogP contribution in [-0.2, 0) is 6.54 Å². The van der Waals surface area contributed by atoms with Crippen molar-refractivity contribution in [3.05, 3.63) is 41.8 Å². The van der Waals surface area contributed by atoms with Gasteiger partial charge in [0.2, 0.25) is 11.8 Å². The maximum atomic E-state index is 12.9. The van der Waals surface area contributed by atoms with E-state index in [2.05, 4.69) is 10.3 Å². The van der Waals surface area contributed by atoms with E-state index in [1.54, 1.807) is 6.26 Å². The van der Waals surface area contributed by atoms with Crippen LogP contribution in [0.3, 0.4) is 0 Å². The maximum Gasteiger partial charge on any atom is 0.248 e. The van der Waals surface area contributed by atoms with Gasteiger partial charge in [-0.25, -0.2) is 13.8 Å². The van der Waals surface area contributed by atoms with E-state index in [1.807, 2.05) is 38.1 Å². The molecule has 1 saturated carbocycles. The molecule has 1 heterocycles. The van der Waals surface area contributed by atoms with Crippen molar-refractivity contribution in [2.24, 2.45) is 5.92 Å². The minimum atomic E-state index is -2.47. The molecule has 2 aromatic rings. The zero-order valence-corrected chi connectivity index (χ0v) is 12.8. The van der Waals surface area contributed by atoms with Gasteiger partial charge in [0.15, 0.2) is 0 Å². The normalized spacial score (nSPS) is 18.9. The van der Waals surface area contributed by atoms with Crippen molar-refractivity contribution in [2.75, 3.05) is 0 Å². The van der Waals surface area contributed by atoms with Crippen molar-refractivity contribution < 1.29 is 13.2 Å². The predicted octanol–water partition coefficient (Wildman–Crippen LogP) is 4.17. The third-order valence-electron chi connectivity index (χ3n) is 4.28. The van der Waals surface area contributed by atoms with Gasteiger partial charge in [0.25, 0.3) is 0 Å². The Balaban J connectivity index is 1.55. The number of alkyl halides is 2. The van der Waals surface area contributed by atoms with Crippen molar-refractivity contribution >= 4 is 0 Å². The molecule has 0 bridgehead atoms. The summed E-state index contributed by atoms with van der Waals surface area (Å²) in [5, 5.41) is 3.26. The van der Waals surface area contributed by atoms with Crippen molar-refractivity contribution in [3.63, 3.8) is 0 Å². The largest absolute Gasteiger partial charge is 0.444 e. The van der Waals surface area contributed by atoms with Crippen LogP contribution in [0, 0.1) is 12.8 Å². The fourth-order valence-corrected chi connectivity index (χ4v) is 2.71. The van der Waals surface area contributed by atoms with Gasteiger partial charge in [-0.15, -0.1) is 0 Å². The van der Waals surface area contributed by atoms with E-state index in [9.17, 15) is 8.78 Å². The topological polar surface area (TPSA) is 38.1 Å². The third kappa shape index (κ3) is 3.35. The first-order valence-corrected chi connectivity index (χ1v) is 7.56. The van der Waals surface area contributed by atoms with Crippen LogP contribution < -0.4 is 5.32 Å². The lowest BCUT2D eigenvalue weighted by Gasteiger charge is -2.39. The highest BCUT2D eigenvalue weighted by molar-refractivity contribution is 5.53. The van der Waals surface area contributed by atoms with E-state index in [0.717, 1.165) is 11.3 Å². The highest BCUT2D eigenvalue weighted by Gasteiger charge is 2.47. The van der Waals surface area contributed by atoms with Crippen LogP contribution in [0.4, 0.5) is 8.78 Å². The maximum absolute atomic E-state index is 12.9. The van der Waals surface area contributed by atoms with Crippen molar-refractivity contribution in [2.45, 2.75) is 45.2 Å². The lowest BCUT2D eigenvalue weighted by Crippen LogP contribution is -2.46. The SMILES string of the molecule is Cc1ccc(-c2nc(CNC(C)C3CC(F)(F)C3)co2)cc1. The first-order valence-electron chi connectivity index (χ1n) is 7.56. The summed E-state index contributed by atoms with van der Waals surface area (Å²) in [7, 11) is 0. The minimum absolute atomic E-state index is 0.0192. The van der Waals surface area contributed by atoms with E-state index >= 15 is 0 Å². The number of hydrogen-bond donors (Lipinski definition) is 1. The number of aryl methyl sites for hydroxylation is 1. The first kappa shape index (κ1) is 15.2. The second-order valence-corrected chi connectivity index (χ2v) is 6.20. The number of oxazole rings is 1. The molecule has 1 atom stereocenters. The Labute approximate surface area is 128 Å². The Morgan fingerprint density at radius 2 is 2.00 bits per heavy atom. The van der Waals surface area contributed by atoms with Crippen LogP contribution in [0.25, 0.3) is 11.5 Å². The van der Waals surface area contributed by atoms with Crippen LogP contribution >= 0.6 is 0 Å². The van der Waals surface area contributed by atoms with Crippen molar-refractivity contribution in [3.8, 4) is 11.5 Å².